The van der Waals surface area contributed by atoms with Gasteiger partial charge in [0.2, 0.25) is 10.0 Å². The summed E-state index contributed by atoms with van der Waals surface area (Å²) < 4.78 is 45.1. The average molecular weight is 307 g/mol. The van der Waals surface area contributed by atoms with Gasteiger partial charge in [-0.1, -0.05) is 30.3 Å². The van der Waals surface area contributed by atoms with Crippen LogP contribution in [0.3, 0.4) is 0 Å². The van der Waals surface area contributed by atoms with E-state index in [-0.39, 0.29) is 11.4 Å². The van der Waals surface area contributed by atoms with Crippen LogP contribution in [0.2, 0.25) is 0 Å². The van der Waals surface area contributed by atoms with Gasteiger partial charge < -0.3 is 4.74 Å². The first-order valence-electron chi connectivity index (χ1n) is 6.53. The Morgan fingerprint density at radius 3 is 2.38 bits per heavy atom. The van der Waals surface area contributed by atoms with Gasteiger partial charge in [0.15, 0.2) is 0 Å². The summed E-state index contributed by atoms with van der Waals surface area (Å²) in [5, 5.41) is 0. The van der Waals surface area contributed by atoms with Gasteiger partial charge in [-0.2, -0.15) is 4.31 Å². The highest BCUT2D eigenvalue weighted by Gasteiger charge is 2.37. The van der Waals surface area contributed by atoms with Crippen LogP contribution in [-0.2, 0) is 14.8 Å². The van der Waals surface area contributed by atoms with Crippen molar-refractivity contribution in [3.05, 3.63) is 66.0 Å². The van der Waals surface area contributed by atoms with E-state index >= 15 is 0 Å². The third-order valence-corrected chi connectivity index (χ3v) is 5.21. The van der Waals surface area contributed by atoms with Gasteiger partial charge in [-0.25, -0.2) is 12.8 Å². The quantitative estimate of drug-likeness (QED) is 0.875. The Labute approximate surface area is 122 Å². The summed E-state index contributed by atoms with van der Waals surface area (Å²) in [7, 11) is -3.71. The zero-order valence-electron chi connectivity index (χ0n) is 11.1. The number of hydrogen-bond acceptors (Lipinski definition) is 3. The van der Waals surface area contributed by atoms with Crippen molar-refractivity contribution in [2.24, 2.45) is 0 Å². The maximum atomic E-state index is 13.0. The monoisotopic (exact) mass is 307 g/mol. The normalized spacial score (nSPS) is 19.8. The van der Waals surface area contributed by atoms with E-state index in [1.807, 2.05) is 30.3 Å². The number of rotatable bonds is 3. The SMILES string of the molecule is O=S(=O)(c1ccc(F)cc1)N1CCOC1c1ccccc1. The minimum Gasteiger partial charge on any atom is -0.356 e. The lowest BCUT2D eigenvalue weighted by Crippen LogP contribution is -2.31. The van der Waals surface area contributed by atoms with Crippen molar-refractivity contribution in [3.63, 3.8) is 0 Å². The molecule has 1 fully saturated rings. The first kappa shape index (κ1) is 14.2. The van der Waals surface area contributed by atoms with Crippen molar-refractivity contribution < 1.29 is 17.5 Å². The summed E-state index contributed by atoms with van der Waals surface area (Å²) in [6.07, 6.45) is -0.638. The fourth-order valence-corrected chi connectivity index (χ4v) is 3.82. The molecule has 0 bridgehead atoms. The molecule has 3 rings (SSSR count). The highest BCUT2D eigenvalue weighted by molar-refractivity contribution is 7.89. The molecule has 110 valence electrons. The fourth-order valence-electron chi connectivity index (χ4n) is 2.32. The van der Waals surface area contributed by atoms with Gasteiger partial charge in [0, 0.05) is 6.54 Å². The summed E-state index contributed by atoms with van der Waals surface area (Å²) in [5.41, 5.74) is 0.778. The van der Waals surface area contributed by atoms with Crippen molar-refractivity contribution in [2.45, 2.75) is 11.1 Å². The average Bonchev–Trinajstić information content (AvgIpc) is 2.99. The minimum atomic E-state index is -3.71. The van der Waals surface area contributed by atoms with Gasteiger partial charge in [0.25, 0.3) is 0 Å². The van der Waals surface area contributed by atoms with E-state index in [1.54, 1.807) is 0 Å². The number of benzene rings is 2. The van der Waals surface area contributed by atoms with Crippen LogP contribution in [-0.4, -0.2) is 25.9 Å². The van der Waals surface area contributed by atoms with Gasteiger partial charge in [-0.3, -0.25) is 0 Å². The maximum Gasteiger partial charge on any atom is 0.245 e. The smallest absolute Gasteiger partial charge is 0.245 e. The van der Waals surface area contributed by atoms with E-state index in [4.69, 9.17) is 4.74 Å². The van der Waals surface area contributed by atoms with E-state index in [2.05, 4.69) is 0 Å². The molecule has 6 heteroatoms. The second-order valence-corrected chi connectivity index (χ2v) is 6.59. The van der Waals surface area contributed by atoms with E-state index in [0.717, 1.165) is 17.7 Å². The molecule has 1 saturated heterocycles. The topological polar surface area (TPSA) is 46.6 Å². The Balaban J connectivity index is 1.96. The zero-order chi connectivity index (χ0) is 14.9. The molecule has 1 aliphatic rings. The van der Waals surface area contributed by atoms with Crippen LogP contribution in [0.5, 0.6) is 0 Å². The molecule has 1 atom stereocenters. The van der Waals surface area contributed by atoms with Crippen molar-refractivity contribution in [2.75, 3.05) is 13.2 Å². The highest BCUT2D eigenvalue weighted by atomic mass is 32.2. The van der Waals surface area contributed by atoms with E-state index < -0.39 is 22.1 Å². The predicted octanol–water partition coefficient (Wildman–Crippen LogP) is 2.55. The summed E-state index contributed by atoms with van der Waals surface area (Å²) >= 11 is 0. The van der Waals surface area contributed by atoms with Gasteiger partial charge in [-0.05, 0) is 29.8 Å². The predicted molar refractivity (Wildman–Crippen MR) is 75.4 cm³/mol. The summed E-state index contributed by atoms with van der Waals surface area (Å²) in [6, 6.07) is 14.0. The second-order valence-electron chi connectivity index (χ2n) is 4.70. The standard InChI is InChI=1S/C15H14FNO3S/c16-13-6-8-14(9-7-13)21(18,19)17-10-11-20-15(17)12-4-2-1-3-5-12/h1-9,15H,10-11H2. The maximum absolute atomic E-state index is 13.0. The molecular weight excluding hydrogens is 293 g/mol. The summed E-state index contributed by atoms with van der Waals surface area (Å²) in [6.45, 7) is 0.610. The molecule has 21 heavy (non-hydrogen) atoms. The van der Waals surface area contributed by atoms with E-state index in [0.29, 0.717) is 6.61 Å². The molecule has 0 spiro atoms. The lowest BCUT2D eigenvalue weighted by atomic mass is 10.2. The molecule has 0 amide bonds. The van der Waals surface area contributed by atoms with Crippen molar-refractivity contribution in [3.8, 4) is 0 Å². The summed E-state index contributed by atoms with van der Waals surface area (Å²) in [5.74, 6) is -0.466. The van der Waals surface area contributed by atoms with Crippen molar-refractivity contribution >= 4 is 10.0 Å². The molecule has 1 unspecified atom stereocenters. The molecule has 1 aliphatic heterocycles. The van der Waals surface area contributed by atoms with Crippen LogP contribution in [0.15, 0.2) is 59.5 Å². The molecule has 0 aliphatic carbocycles. The van der Waals surface area contributed by atoms with Crippen molar-refractivity contribution in [1.29, 1.82) is 0 Å². The molecule has 0 aromatic heterocycles. The zero-order valence-corrected chi connectivity index (χ0v) is 12.0. The van der Waals surface area contributed by atoms with Crippen molar-refractivity contribution in [1.82, 2.24) is 4.31 Å². The highest BCUT2D eigenvalue weighted by Crippen LogP contribution is 2.32. The van der Waals surface area contributed by atoms with Crippen LogP contribution < -0.4 is 0 Å². The van der Waals surface area contributed by atoms with E-state index in [1.165, 1.54) is 16.4 Å². The molecule has 1 heterocycles. The van der Waals surface area contributed by atoms with Crippen LogP contribution >= 0.6 is 0 Å². The lowest BCUT2D eigenvalue weighted by Gasteiger charge is -2.22. The minimum absolute atomic E-state index is 0.0651. The molecule has 2 aromatic carbocycles. The molecule has 4 nitrogen and oxygen atoms in total. The Kier molecular flexibility index (Phi) is 3.75. The number of ether oxygens (including phenoxy) is 1. The Morgan fingerprint density at radius 2 is 1.71 bits per heavy atom. The summed E-state index contributed by atoms with van der Waals surface area (Å²) in [4.78, 5) is 0.0651. The number of halogens is 1. The number of hydrogen-bond donors (Lipinski definition) is 0. The van der Waals surface area contributed by atoms with E-state index in [9.17, 15) is 12.8 Å². The molecule has 0 saturated carbocycles. The first-order valence-corrected chi connectivity index (χ1v) is 7.97. The second kappa shape index (κ2) is 5.55. The molecule has 2 aromatic rings. The lowest BCUT2D eigenvalue weighted by molar-refractivity contribution is 0.0683. The van der Waals surface area contributed by atoms with Crippen LogP contribution in [0, 0.1) is 5.82 Å². The van der Waals surface area contributed by atoms with Gasteiger partial charge in [-0.15, -0.1) is 0 Å². The van der Waals surface area contributed by atoms with Gasteiger partial charge in [0.05, 0.1) is 11.5 Å². The fraction of sp³-hybridized carbons (Fsp3) is 0.200. The molecule has 0 N–H and O–H groups in total. The number of nitrogens with zero attached hydrogens (tertiary/aromatic N) is 1. The van der Waals surface area contributed by atoms with Crippen LogP contribution in [0.4, 0.5) is 4.39 Å². The third-order valence-electron chi connectivity index (χ3n) is 3.35. The van der Waals surface area contributed by atoms with Crippen LogP contribution in [0.25, 0.3) is 0 Å². The third kappa shape index (κ3) is 2.70. The van der Waals surface area contributed by atoms with Gasteiger partial charge in [0.1, 0.15) is 12.0 Å². The van der Waals surface area contributed by atoms with Gasteiger partial charge >= 0.3 is 0 Å². The number of sulfonamides is 1. The largest absolute Gasteiger partial charge is 0.356 e. The molecule has 0 radical (unpaired) electrons. The molecular formula is C15H14FNO3S. The Morgan fingerprint density at radius 1 is 1.05 bits per heavy atom. The Hall–Kier alpha value is -1.76. The Bertz CT molecular complexity index is 716. The van der Waals surface area contributed by atoms with Crippen LogP contribution in [0.1, 0.15) is 11.8 Å². The first-order chi connectivity index (χ1) is 10.1.